The van der Waals surface area contributed by atoms with Crippen LogP contribution in [0.2, 0.25) is 5.02 Å². The van der Waals surface area contributed by atoms with E-state index < -0.39 is 0 Å². The Morgan fingerprint density at radius 1 is 1.33 bits per heavy atom. The molecule has 1 aliphatic carbocycles. The maximum absolute atomic E-state index is 5.92. The molecule has 2 nitrogen and oxygen atoms in total. The maximum Gasteiger partial charge on any atom is 0.130 e. The van der Waals surface area contributed by atoms with Crippen LogP contribution >= 0.6 is 11.6 Å². The van der Waals surface area contributed by atoms with Gasteiger partial charge in [-0.2, -0.15) is 0 Å². The molecule has 1 saturated heterocycles. The predicted octanol–water partition coefficient (Wildman–Crippen LogP) is 3.04. The average Bonchev–Trinajstić information content (AvgIpc) is 2.90. The van der Waals surface area contributed by atoms with E-state index in [-0.39, 0.29) is 11.7 Å². The molecule has 0 aromatic heterocycles. The van der Waals surface area contributed by atoms with Gasteiger partial charge in [0.05, 0.1) is 6.61 Å². The summed E-state index contributed by atoms with van der Waals surface area (Å²) in [5, 5.41) is 0.742. The molecule has 1 saturated carbocycles. The Hall–Kier alpha value is -0.730. The Morgan fingerprint density at radius 3 is 2.73 bits per heavy atom. The quantitative estimate of drug-likeness (QED) is 0.721. The summed E-state index contributed by atoms with van der Waals surface area (Å²) in [5.41, 5.74) is 0.0552. The first-order chi connectivity index (χ1) is 7.28. The monoisotopic (exact) mass is 224 g/mol. The van der Waals surface area contributed by atoms with Gasteiger partial charge < -0.3 is 9.47 Å². The summed E-state index contributed by atoms with van der Waals surface area (Å²) in [4.78, 5) is 0. The van der Waals surface area contributed by atoms with E-state index in [1.807, 2.05) is 24.3 Å². The highest BCUT2D eigenvalue weighted by Gasteiger charge is 2.56. The lowest BCUT2D eigenvalue weighted by molar-refractivity contribution is 0.121. The van der Waals surface area contributed by atoms with Crippen LogP contribution < -0.4 is 4.74 Å². The lowest BCUT2D eigenvalue weighted by atomic mass is 10.1. The summed E-state index contributed by atoms with van der Waals surface area (Å²) in [5.74, 6) is 0.890. The van der Waals surface area contributed by atoms with Crippen molar-refractivity contribution < 1.29 is 9.47 Å². The number of hydrogen-bond acceptors (Lipinski definition) is 2. The van der Waals surface area contributed by atoms with Gasteiger partial charge in [-0.15, -0.1) is 0 Å². The number of ether oxygens (including phenoxy) is 2. The van der Waals surface area contributed by atoms with E-state index in [2.05, 4.69) is 0 Å². The fourth-order valence-corrected chi connectivity index (χ4v) is 2.40. The van der Waals surface area contributed by atoms with Gasteiger partial charge >= 0.3 is 0 Å². The molecular weight excluding hydrogens is 212 g/mol. The van der Waals surface area contributed by atoms with E-state index in [1.54, 1.807) is 0 Å². The van der Waals surface area contributed by atoms with E-state index in [4.69, 9.17) is 21.1 Å². The van der Waals surface area contributed by atoms with E-state index >= 15 is 0 Å². The molecule has 1 aliphatic heterocycles. The van der Waals surface area contributed by atoms with Crippen molar-refractivity contribution in [3.05, 3.63) is 29.3 Å². The van der Waals surface area contributed by atoms with Gasteiger partial charge in [0.25, 0.3) is 0 Å². The molecule has 15 heavy (non-hydrogen) atoms. The Balaban J connectivity index is 1.72. The molecule has 1 spiro atoms. The molecule has 1 heterocycles. The van der Waals surface area contributed by atoms with Gasteiger partial charge in [-0.1, -0.05) is 11.6 Å². The highest BCUT2D eigenvalue weighted by molar-refractivity contribution is 6.30. The van der Waals surface area contributed by atoms with Crippen LogP contribution in [0.15, 0.2) is 24.3 Å². The van der Waals surface area contributed by atoms with Gasteiger partial charge in [-0.3, -0.25) is 0 Å². The molecule has 0 bridgehead atoms. The zero-order valence-electron chi connectivity index (χ0n) is 8.41. The fraction of sp³-hybridized carbons (Fsp3) is 0.500. The predicted molar refractivity (Wildman–Crippen MR) is 58.4 cm³/mol. The fourth-order valence-electron chi connectivity index (χ4n) is 2.28. The van der Waals surface area contributed by atoms with Crippen LogP contribution in [0.3, 0.4) is 0 Å². The van der Waals surface area contributed by atoms with Crippen LogP contribution in [0.1, 0.15) is 19.3 Å². The number of rotatable bonds is 2. The summed E-state index contributed by atoms with van der Waals surface area (Å²) in [6, 6.07) is 7.53. The zero-order valence-corrected chi connectivity index (χ0v) is 9.17. The van der Waals surface area contributed by atoms with Gasteiger partial charge in [0.2, 0.25) is 0 Å². The molecule has 3 rings (SSSR count). The van der Waals surface area contributed by atoms with Crippen molar-refractivity contribution in [3.63, 3.8) is 0 Å². The Morgan fingerprint density at radius 2 is 2.07 bits per heavy atom. The lowest BCUT2D eigenvalue weighted by Crippen LogP contribution is -2.29. The van der Waals surface area contributed by atoms with Crippen molar-refractivity contribution in [2.24, 2.45) is 0 Å². The number of halogens is 1. The molecule has 3 heteroatoms. The Kier molecular flexibility index (Phi) is 2.15. The molecule has 0 N–H and O–H groups in total. The summed E-state index contributed by atoms with van der Waals surface area (Å²) in [7, 11) is 0. The highest BCUT2D eigenvalue weighted by Crippen LogP contribution is 2.45. The smallest absolute Gasteiger partial charge is 0.130 e. The first kappa shape index (κ1) is 9.49. The first-order valence-corrected chi connectivity index (χ1v) is 5.72. The van der Waals surface area contributed by atoms with Crippen molar-refractivity contribution in [2.45, 2.75) is 31.0 Å². The maximum atomic E-state index is 5.92. The van der Waals surface area contributed by atoms with E-state index in [1.165, 1.54) is 6.42 Å². The third-order valence-electron chi connectivity index (χ3n) is 3.26. The second kappa shape index (κ2) is 3.39. The molecule has 0 amide bonds. The molecule has 2 fully saturated rings. The second-order valence-corrected chi connectivity index (χ2v) is 4.74. The summed E-state index contributed by atoms with van der Waals surface area (Å²) >= 11 is 5.82. The third-order valence-corrected chi connectivity index (χ3v) is 3.51. The zero-order chi connectivity index (χ0) is 10.3. The van der Waals surface area contributed by atoms with Gasteiger partial charge in [0.1, 0.15) is 17.5 Å². The normalized spacial score (nSPS) is 33.3. The van der Waals surface area contributed by atoms with Crippen LogP contribution in [-0.4, -0.2) is 18.3 Å². The van der Waals surface area contributed by atoms with Gasteiger partial charge in [0, 0.05) is 5.02 Å². The van der Waals surface area contributed by atoms with Crippen molar-refractivity contribution >= 4 is 11.6 Å². The van der Waals surface area contributed by atoms with Crippen LogP contribution in [0.4, 0.5) is 0 Å². The topological polar surface area (TPSA) is 21.8 Å². The molecule has 2 unspecified atom stereocenters. The van der Waals surface area contributed by atoms with Gasteiger partial charge in [0.15, 0.2) is 0 Å². The van der Waals surface area contributed by atoms with Crippen LogP contribution in [-0.2, 0) is 4.74 Å². The van der Waals surface area contributed by atoms with Crippen molar-refractivity contribution in [1.82, 2.24) is 0 Å². The van der Waals surface area contributed by atoms with Crippen LogP contribution in [0.5, 0.6) is 5.75 Å². The minimum atomic E-state index is 0.0552. The molecule has 0 radical (unpaired) electrons. The standard InChI is InChI=1S/C12H13ClO2/c13-9-3-5-10(6-4-9)15-11-2-1-7-12(11)8-14-12/h3-6,11H,1-2,7-8H2. The number of epoxide rings is 1. The first-order valence-electron chi connectivity index (χ1n) is 5.35. The van der Waals surface area contributed by atoms with Gasteiger partial charge in [-0.25, -0.2) is 0 Å². The molecule has 1 aromatic rings. The molecule has 1 aromatic carbocycles. The molecule has 80 valence electrons. The van der Waals surface area contributed by atoms with Crippen molar-refractivity contribution in [3.8, 4) is 5.75 Å². The summed E-state index contributed by atoms with van der Waals surface area (Å²) in [6.45, 7) is 0.866. The van der Waals surface area contributed by atoms with Crippen LogP contribution in [0, 0.1) is 0 Å². The minimum Gasteiger partial charge on any atom is -0.487 e. The highest BCUT2D eigenvalue weighted by atomic mass is 35.5. The Bertz CT molecular complexity index is 356. The molecule has 2 aliphatic rings. The van der Waals surface area contributed by atoms with Gasteiger partial charge in [-0.05, 0) is 43.5 Å². The lowest BCUT2D eigenvalue weighted by Gasteiger charge is -2.17. The van der Waals surface area contributed by atoms with E-state index in [9.17, 15) is 0 Å². The molecule has 2 atom stereocenters. The largest absolute Gasteiger partial charge is 0.487 e. The average molecular weight is 225 g/mol. The Labute approximate surface area is 94.1 Å². The molecular formula is C12H13ClO2. The third kappa shape index (κ3) is 1.72. The summed E-state index contributed by atoms with van der Waals surface area (Å²) in [6.07, 6.45) is 3.69. The van der Waals surface area contributed by atoms with E-state index in [0.29, 0.717) is 0 Å². The van der Waals surface area contributed by atoms with E-state index in [0.717, 1.165) is 30.2 Å². The number of hydrogen-bond donors (Lipinski definition) is 0. The summed E-state index contributed by atoms with van der Waals surface area (Å²) < 4.78 is 11.4. The van der Waals surface area contributed by atoms with Crippen molar-refractivity contribution in [1.29, 1.82) is 0 Å². The second-order valence-electron chi connectivity index (χ2n) is 4.31. The van der Waals surface area contributed by atoms with Crippen LogP contribution in [0.25, 0.3) is 0 Å². The number of benzene rings is 1. The van der Waals surface area contributed by atoms with Crippen molar-refractivity contribution in [2.75, 3.05) is 6.61 Å². The minimum absolute atomic E-state index is 0.0552. The SMILES string of the molecule is Clc1ccc(OC2CCCC23CO3)cc1.